The number of aliphatic carboxylic acids is 1. The number of halogens is 1. The lowest BCUT2D eigenvalue weighted by Gasteiger charge is -2.25. The Kier molecular flexibility index (Phi) is 6.15. The molecule has 0 saturated heterocycles. The first-order valence-electron chi connectivity index (χ1n) is 6.65. The predicted molar refractivity (Wildman–Crippen MR) is 73.7 cm³/mol. The molecule has 1 N–H and O–H groups in total. The van der Waals surface area contributed by atoms with Gasteiger partial charge in [0.25, 0.3) is 0 Å². The normalized spacial score (nSPS) is 11.9. The Labute approximate surface area is 118 Å². The van der Waals surface area contributed by atoms with Crippen LogP contribution in [0.4, 0.5) is 4.39 Å². The molecule has 5 heteroatoms. The van der Waals surface area contributed by atoms with Crippen molar-refractivity contribution in [1.29, 1.82) is 0 Å². The van der Waals surface area contributed by atoms with Crippen LogP contribution in [0.3, 0.4) is 0 Å². The third kappa shape index (κ3) is 4.64. The van der Waals surface area contributed by atoms with Gasteiger partial charge in [0.1, 0.15) is 5.82 Å². The highest BCUT2D eigenvalue weighted by atomic mass is 19.1. The van der Waals surface area contributed by atoms with Crippen molar-refractivity contribution in [3.8, 4) is 0 Å². The molecule has 0 aliphatic rings. The molecule has 1 aromatic rings. The minimum absolute atomic E-state index is 0.0693. The van der Waals surface area contributed by atoms with Gasteiger partial charge in [-0.25, -0.2) is 4.39 Å². The van der Waals surface area contributed by atoms with E-state index in [0.717, 1.165) is 0 Å². The average molecular weight is 281 g/mol. The first kappa shape index (κ1) is 16.1. The number of amides is 1. The number of carboxylic acids is 1. The molecule has 0 fully saturated rings. The van der Waals surface area contributed by atoms with Crippen LogP contribution in [0.25, 0.3) is 0 Å². The Morgan fingerprint density at radius 1 is 1.25 bits per heavy atom. The molecule has 0 aliphatic carbocycles. The molecule has 0 bridgehead atoms. The van der Waals surface area contributed by atoms with Crippen molar-refractivity contribution in [1.82, 2.24) is 4.90 Å². The van der Waals surface area contributed by atoms with Crippen molar-refractivity contribution in [3.63, 3.8) is 0 Å². The van der Waals surface area contributed by atoms with E-state index >= 15 is 0 Å². The second-order valence-electron chi connectivity index (χ2n) is 4.80. The lowest BCUT2D eigenvalue weighted by atomic mass is 10.1. The van der Waals surface area contributed by atoms with Gasteiger partial charge in [0.05, 0.1) is 6.04 Å². The number of nitrogens with zero attached hydrogens (tertiary/aromatic N) is 1. The zero-order valence-electron chi connectivity index (χ0n) is 11.8. The number of unbranched alkanes of at least 4 members (excludes halogenated alkanes) is 1. The smallest absolute Gasteiger partial charge is 0.303 e. The average Bonchev–Trinajstić information content (AvgIpc) is 2.42. The Hall–Kier alpha value is -1.91. The van der Waals surface area contributed by atoms with E-state index in [1.54, 1.807) is 32.2 Å². The number of hydrogen-bond acceptors (Lipinski definition) is 2. The lowest BCUT2D eigenvalue weighted by molar-refractivity contribution is -0.137. The number of hydrogen-bond donors (Lipinski definition) is 1. The maximum atomic E-state index is 13.7. The molecule has 1 atom stereocenters. The zero-order valence-corrected chi connectivity index (χ0v) is 11.8. The first-order valence-corrected chi connectivity index (χ1v) is 6.65. The van der Waals surface area contributed by atoms with Crippen LogP contribution in [0, 0.1) is 5.82 Å². The molecule has 0 heterocycles. The van der Waals surface area contributed by atoms with E-state index in [0.29, 0.717) is 18.4 Å². The fourth-order valence-corrected chi connectivity index (χ4v) is 1.97. The molecule has 1 aromatic carbocycles. The lowest BCUT2D eigenvalue weighted by Crippen LogP contribution is -2.29. The van der Waals surface area contributed by atoms with Crippen molar-refractivity contribution in [2.45, 2.75) is 38.6 Å². The summed E-state index contributed by atoms with van der Waals surface area (Å²) in [5, 5.41) is 8.52. The fourth-order valence-electron chi connectivity index (χ4n) is 1.97. The second-order valence-corrected chi connectivity index (χ2v) is 4.80. The van der Waals surface area contributed by atoms with Gasteiger partial charge in [0, 0.05) is 25.5 Å². The summed E-state index contributed by atoms with van der Waals surface area (Å²) < 4.78 is 13.7. The third-order valence-corrected chi connectivity index (χ3v) is 3.36. The molecular formula is C15H20FNO3. The molecule has 0 aromatic heterocycles. The van der Waals surface area contributed by atoms with Crippen LogP contribution in [-0.2, 0) is 9.59 Å². The van der Waals surface area contributed by atoms with E-state index in [9.17, 15) is 14.0 Å². The van der Waals surface area contributed by atoms with E-state index in [1.165, 1.54) is 11.0 Å². The van der Waals surface area contributed by atoms with Crippen LogP contribution in [0.15, 0.2) is 24.3 Å². The Morgan fingerprint density at radius 3 is 2.45 bits per heavy atom. The molecule has 4 nitrogen and oxygen atoms in total. The predicted octanol–water partition coefficient (Wildman–Crippen LogP) is 2.99. The first-order chi connectivity index (χ1) is 9.43. The molecule has 1 unspecified atom stereocenters. The maximum absolute atomic E-state index is 13.7. The van der Waals surface area contributed by atoms with Gasteiger partial charge in [0.15, 0.2) is 0 Å². The minimum Gasteiger partial charge on any atom is -0.481 e. The molecule has 20 heavy (non-hydrogen) atoms. The van der Waals surface area contributed by atoms with Crippen LogP contribution >= 0.6 is 0 Å². The second kappa shape index (κ2) is 7.62. The van der Waals surface area contributed by atoms with Crippen molar-refractivity contribution in [2.24, 2.45) is 0 Å². The number of carbonyl (C=O) groups is 2. The molecule has 1 rings (SSSR count). The van der Waals surface area contributed by atoms with Crippen LogP contribution in [-0.4, -0.2) is 28.9 Å². The Morgan fingerprint density at radius 2 is 1.85 bits per heavy atom. The van der Waals surface area contributed by atoms with Crippen LogP contribution < -0.4 is 0 Å². The highest BCUT2D eigenvalue weighted by molar-refractivity contribution is 5.76. The molecule has 110 valence electrons. The van der Waals surface area contributed by atoms with Gasteiger partial charge in [-0.2, -0.15) is 0 Å². The SMILES string of the molecule is CC(c1ccccc1F)N(C)C(=O)CCCCC(=O)O. The minimum atomic E-state index is -0.856. The van der Waals surface area contributed by atoms with Gasteiger partial charge in [-0.15, -0.1) is 0 Å². The fraction of sp³-hybridized carbons (Fsp3) is 0.467. The molecule has 0 radical (unpaired) electrons. The van der Waals surface area contributed by atoms with Crippen LogP contribution in [0.5, 0.6) is 0 Å². The number of carboxylic acid groups (broad SMARTS) is 1. The summed E-state index contributed by atoms with van der Waals surface area (Å²) in [5.41, 5.74) is 0.480. The number of benzene rings is 1. The quantitative estimate of drug-likeness (QED) is 0.782. The molecule has 0 saturated carbocycles. The topological polar surface area (TPSA) is 57.6 Å². The molecule has 0 aliphatic heterocycles. The van der Waals surface area contributed by atoms with E-state index in [-0.39, 0.29) is 30.6 Å². The van der Waals surface area contributed by atoms with E-state index in [4.69, 9.17) is 5.11 Å². The van der Waals surface area contributed by atoms with Crippen molar-refractivity contribution in [2.75, 3.05) is 7.05 Å². The zero-order chi connectivity index (χ0) is 15.1. The number of rotatable bonds is 7. The Bertz CT molecular complexity index is 476. The van der Waals surface area contributed by atoms with E-state index in [2.05, 4.69) is 0 Å². The highest BCUT2D eigenvalue weighted by Crippen LogP contribution is 2.22. The van der Waals surface area contributed by atoms with Gasteiger partial charge in [-0.05, 0) is 25.8 Å². The van der Waals surface area contributed by atoms with Crippen molar-refractivity contribution < 1.29 is 19.1 Å². The van der Waals surface area contributed by atoms with Crippen molar-refractivity contribution in [3.05, 3.63) is 35.6 Å². The molecule has 1 amide bonds. The summed E-state index contributed by atoms with van der Waals surface area (Å²) in [4.78, 5) is 23.8. The van der Waals surface area contributed by atoms with E-state index in [1.807, 2.05) is 0 Å². The number of carbonyl (C=O) groups excluding carboxylic acids is 1. The summed E-state index contributed by atoms with van der Waals surface area (Å²) >= 11 is 0. The van der Waals surface area contributed by atoms with Gasteiger partial charge in [-0.1, -0.05) is 18.2 Å². The summed E-state index contributed by atoms with van der Waals surface area (Å²) in [7, 11) is 1.64. The van der Waals surface area contributed by atoms with Crippen LogP contribution in [0.1, 0.15) is 44.2 Å². The highest BCUT2D eigenvalue weighted by Gasteiger charge is 2.19. The summed E-state index contributed by atoms with van der Waals surface area (Å²) in [6, 6.07) is 6.04. The molecule has 0 spiro atoms. The Balaban J connectivity index is 2.52. The largest absolute Gasteiger partial charge is 0.481 e. The maximum Gasteiger partial charge on any atom is 0.303 e. The van der Waals surface area contributed by atoms with Gasteiger partial charge in [-0.3, -0.25) is 9.59 Å². The summed E-state index contributed by atoms with van der Waals surface area (Å²) in [6.07, 6.45) is 1.35. The van der Waals surface area contributed by atoms with Gasteiger partial charge < -0.3 is 10.0 Å². The van der Waals surface area contributed by atoms with Crippen LogP contribution in [0.2, 0.25) is 0 Å². The third-order valence-electron chi connectivity index (χ3n) is 3.36. The van der Waals surface area contributed by atoms with Gasteiger partial charge in [0.2, 0.25) is 5.91 Å². The standard InChI is InChI=1S/C15H20FNO3/c1-11(12-7-3-4-8-13(12)16)17(2)14(18)9-5-6-10-15(19)20/h3-4,7-8,11H,5-6,9-10H2,1-2H3,(H,19,20). The summed E-state index contributed by atoms with van der Waals surface area (Å²) in [5.74, 6) is -1.29. The monoisotopic (exact) mass is 281 g/mol. The molecular weight excluding hydrogens is 261 g/mol. The summed E-state index contributed by atoms with van der Waals surface area (Å²) in [6.45, 7) is 1.77. The van der Waals surface area contributed by atoms with Gasteiger partial charge >= 0.3 is 5.97 Å². The van der Waals surface area contributed by atoms with E-state index < -0.39 is 5.97 Å². The van der Waals surface area contributed by atoms with Crippen molar-refractivity contribution >= 4 is 11.9 Å².